The van der Waals surface area contributed by atoms with E-state index in [1.165, 1.54) is 12.0 Å². The Balaban J connectivity index is 1.41. The van der Waals surface area contributed by atoms with Gasteiger partial charge < -0.3 is 19.3 Å². The fraction of sp³-hybridized carbons (Fsp3) is 0.379. The Hall–Kier alpha value is -2.84. The first-order valence-corrected chi connectivity index (χ1v) is 14.4. The molecule has 0 atom stereocenters. The molecule has 0 unspecified atom stereocenters. The molecule has 6 nitrogen and oxygen atoms in total. The van der Waals surface area contributed by atoms with Gasteiger partial charge in [0.15, 0.2) is 11.5 Å². The third-order valence-corrected chi connectivity index (χ3v) is 8.62. The number of thiophene rings is 1. The van der Waals surface area contributed by atoms with E-state index in [9.17, 15) is 9.59 Å². The number of nitrogens with zero attached hydrogens (tertiary/aromatic N) is 2. The minimum Gasteiger partial charge on any atom is -0.454 e. The van der Waals surface area contributed by atoms with Gasteiger partial charge in [0.1, 0.15) is 6.54 Å². The number of carbonyl (C=O) groups is 2. The topological polar surface area (TPSA) is 59.1 Å². The Morgan fingerprint density at radius 2 is 1.81 bits per heavy atom. The number of amides is 2. The number of ether oxygens (including phenoxy) is 2. The molecule has 0 spiro atoms. The molecule has 0 radical (unpaired) electrons. The first-order chi connectivity index (χ1) is 18.0. The largest absolute Gasteiger partial charge is 0.454 e. The Morgan fingerprint density at radius 3 is 2.57 bits per heavy atom. The van der Waals surface area contributed by atoms with E-state index in [0.29, 0.717) is 24.4 Å². The zero-order chi connectivity index (χ0) is 25.8. The van der Waals surface area contributed by atoms with Gasteiger partial charge in [0.25, 0.3) is 5.91 Å². The molecule has 2 aliphatic rings. The molecule has 1 fully saturated rings. The molecule has 5 rings (SSSR count). The van der Waals surface area contributed by atoms with Crippen LogP contribution in [0, 0.1) is 6.92 Å². The van der Waals surface area contributed by atoms with Crippen LogP contribution >= 0.6 is 27.3 Å². The molecule has 194 valence electrons. The average molecular weight is 584 g/mol. The highest BCUT2D eigenvalue weighted by atomic mass is 79.9. The molecule has 8 heteroatoms. The van der Waals surface area contributed by atoms with Gasteiger partial charge in [0.05, 0.1) is 6.54 Å². The first-order valence-electron chi connectivity index (χ1n) is 12.7. The van der Waals surface area contributed by atoms with Crippen molar-refractivity contribution in [2.24, 2.45) is 0 Å². The molecule has 2 heterocycles. The summed E-state index contributed by atoms with van der Waals surface area (Å²) in [4.78, 5) is 32.5. The summed E-state index contributed by atoms with van der Waals surface area (Å²) in [7, 11) is 0. The van der Waals surface area contributed by atoms with Crippen LogP contribution in [0.1, 0.15) is 58.5 Å². The normalized spacial score (nSPS) is 15.0. The van der Waals surface area contributed by atoms with Crippen LogP contribution in [0.4, 0.5) is 0 Å². The van der Waals surface area contributed by atoms with Crippen molar-refractivity contribution in [3.05, 3.63) is 80.0 Å². The fourth-order valence-corrected chi connectivity index (χ4v) is 6.34. The van der Waals surface area contributed by atoms with Crippen LogP contribution in [0.15, 0.2) is 58.4 Å². The van der Waals surface area contributed by atoms with Crippen molar-refractivity contribution in [3.63, 3.8) is 0 Å². The SMILES string of the molecule is Cc1ccsc1CN(Cc1ccc2c(c1)OCO2)C(=O)CN(C(=O)c1cccc(Br)c1)C1CCCCC1. The number of hydrogen-bond acceptors (Lipinski definition) is 5. The van der Waals surface area contributed by atoms with E-state index in [1.807, 2.05) is 52.3 Å². The summed E-state index contributed by atoms with van der Waals surface area (Å²) in [5, 5.41) is 2.05. The number of halogens is 1. The summed E-state index contributed by atoms with van der Waals surface area (Å²) in [6, 6.07) is 15.4. The first kappa shape index (κ1) is 25.8. The standard InChI is InChI=1S/C29H31BrN2O4S/c1-20-12-13-37-27(20)17-31(16-21-10-11-25-26(14-21)36-19-35-25)28(33)18-32(24-8-3-2-4-9-24)29(34)22-6-5-7-23(30)15-22/h5-7,10-15,24H,2-4,8-9,16-19H2,1H3. The molecule has 37 heavy (non-hydrogen) atoms. The lowest BCUT2D eigenvalue weighted by molar-refractivity contribution is -0.133. The van der Waals surface area contributed by atoms with E-state index in [1.54, 1.807) is 11.3 Å². The maximum absolute atomic E-state index is 13.9. The van der Waals surface area contributed by atoms with Gasteiger partial charge in [-0.15, -0.1) is 11.3 Å². The summed E-state index contributed by atoms with van der Waals surface area (Å²) in [5.41, 5.74) is 2.74. The highest BCUT2D eigenvalue weighted by molar-refractivity contribution is 9.10. The number of carbonyl (C=O) groups excluding carboxylic acids is 2. The van der Waals surface area contributed by atoms with Gasteiger partial charge in [-0.05, 0) is 72.7 Å². The van der Waals surface area contributed by atoms with Crippen LogP contribution < -0.4 is 9.47 Å². The molecule has 1 saturated carbocycles. The van der Waals surface area contributed by atoms with Crippen molar-refractivity contribution in [1.82, 2.24) is 9.80 Å². The molecule has 0 saturated heterocycles. The van der Waals surface area contributed by atoms with Gasteiger partial charge in [0, 0.05) is 27.5 Å². The van der Waals surface area contributed by atoms with Gasteiger partial charge in [-0.25, -0.2) is 0 Å². The second-order valence-electron chi connectivity index (χ2n) is 9.70. The smallest absolute Gasteiger partial charge is 0.254 e. The predicted octanol–water partition coefficient (Wildman–Crippen LogP) is 6.55. The molecule has 1 aliphatic carbocycles. The Kier molecular flexibility index (Phi) is 8.15. The van der Waals surface area contributed by atoms with Gasteiger partial charge in [-0.1, -0.05) is 47.3 Å². The van der Waals surface area contributed by atoms with Gasteiger partial charge in [0.2, 0.25) is 12.7 Å². The second-order valence-corrected chi connectivity index (χ2v) is 11.6. The van der Waals surface area contributed by atoms with Gasteiger partial charge >= 0.3 is 0 Å². The van der Waals surface area contributed by atoms with Crippen LogP contribution in [0.5, 0.6) is 11.5 Å². The highest BCUT2D eigenvalue weighted by Crippen LogP contribution is 2.33. The lowest BCUT2D eigenvalue weighted by atomic mass is 9.93. The van der Waals surface area contributed by atoms with E-state index in [2.05, 4.69) is 34.3 Å². The third kappa shape index (κ3) is 6.18. The molecule has 1 aromatic heterocycles. The minimum atomic E-state index is -0.0862. The number of aryl methyl sites for hydroxylation is 1. The van der Waals surface area contributed by atoms with Crippen molar-refractivity contribution in [3.8, 4) is 11.5 Å². The monoisotopic (exact) mass is 582 g/mol. The number of hydrogen-bond donors (Lipinski definition) is 0. The molecule has 1 aliphatic heterocycles. The van der Waals surface area contributed by atoms with Crippen LogP contribution in [0.2, 0.25) is 0 Å². The Morgan fingerprint density at radius 1 is 1.00 bits per heavy atom. The van der Waals surface area contributed by atoms with Gasteiger partial charge in [-0.2, -0.15) is 0 Å². The van der Waals surface area contributed by atoms with E-state index in [4.69, 9.17) is 9.47 Å². The molecular weight excluding hydrogens is 552 g/mol. The van der Waals surface area contributed by atoms with Crippen molar-refractivity contribution in [2.45, 2.75) is 58.2 Å². The molecule has 3 aromatic rings. The average Bonchev–Trinajstić information content (AvgIpc) is 3.55. The predicted molar refractivity (Wildman–Crippen MR) is 148 cm³/mol. The quantitative estimate of drug-likeness (QED) is 0.302. The van der Waals surface area contributed by atoms with Crippen molar-refractivity contribution in [2.75, 3.05) is 13.3 Å². The fourth-order valence-electron chi connectivity index (χ4n) is 5.02. The summed E-state index contributed by atoms with van der Waals surface area (Å²) in [6.07, 6.45) is 5.20. The maximum atomic E-state index is 13.9. The summed E-state index contributed by atoms with van der Waals surface area (Å²) in [6.45, 7) is 3.27. The molecular formula is C29H31BrN2O4S. The zero-order valence-corrected chi connectivity index (χ0v) is 23.4. The van der Waals surface area contributed by atoms with Crippen molar-refractivity contribution >= 4 is 39.1 Å². The third-order valence-electron chi connectivity index (χ3n) is 7.12. The van der Waals surface area contributed by atoms with E-state index < -0.39 is 0 Å². The second kappa shape index (κ2) is 11.7. The van der Waals surface area contributed by atoms with E-state index >= 15 is 0 Å². The summed E-state index contributed by atoms with van der Waals surface area (Å²) >= 11 is 5.14. The zero-order valence-electron chi connectivity index (χ0n) is 21.0. The Labute approximate surface area is 230 Å². The van der Waals surface area contributed by atoms with E-state index in [-0.39, 0.29) is 31.2 Å². The van der Waals surface area contributed by atoms with Crippen LogP contribution in [0.3, 0.4) is 0 Å². The summed E-state index contributed by atoms with van der Waals surface area (Å²) in [5.74, 6) is 1.28. The van der Waals surface area contributed by atoms with E-state index in [0.717, 1.165) is 46.3 Å². The highest BCUT2D eigenvalue weighted by Gasteiger charge is 2.30. The Bertz CT molecular complexity index is 1270. The van der Waals surface area contributed by atoms with Crippen molar-refractivity contribution < 1.29 is 19.1 Å². The molecule has 0 bridgehead atoms. The summed E-state index contributed by atoms with van der Waals surface area (Å²) < 4.78 is 11.9. The van der Waals surface area contributed by atoms with Crippen molar-refractivity contribution in [1.29, 1.82) is 0 Å². The lowest BCUT2D eigenvalue weighted by Crippen LogP contribution is -2.48. The van der Waals surface area contributed by atoms with Crippen LogP contribution in [-0.4, -0.2) is 41.0 Å². The molecule has 2 amide bonds. The molecule has 2 aromatic carbocycles. The number of rotatable bonds is 8. The minimum absolute atomic E-state index is 0.0561. The number of benzene rings is 2. The lowest BCUT2D eigenvalue weighted by Gasteiger charge is -2.35. The molecule has 0 N–H and O–H groups in total. The van der Waals surface area contributed by atoms with Gasteiger partial charge in [-0.3, -0.25) is 9.59 Å². The van der Waals surface area contributed by atoms with Crippen LogP contribution in [0.25, 0.3) is 0 Å². The maximum Gasteiger partial charge on any atom is 0.254 e. The number of fused-ring (bicyclic) bond motifs is 1. The van der Waals surface area contributed by atoms with Crippen LogP contribution in [-0.2, 0) is 17.9 Å².